The number of carbonyl (C=O) groups excluding carboxylic acids is 1. The van der Waals surface area contributed by atoms with Crippen molar-refractivity contribution in [1.82, 2.24) is 4.90 Å². The minimum atomic E-state index is -1.36. The zero-order valence-corrected chi connectivity index (χ0v) is 12.1. The second kappa shape index (κ2) is 6.11. The first-order chi connectivity index (χ1) is 9.88. The molecule has 1 aromatic carbocycles. The number of aromatic carboxylic acids is 1. The van der Waals surface area contributed by atoms with Gasteiger partial charge in [-0.1, -0.05) is 13.8 Å². The van der Waals surface area contributed by atoms with E-state index in [1.807, 2.05) is 13.8 Å². The summed E-state index contributed by atoms with van der Waals surface area (Å²) >= 11 is 0. The maximum Gasteiger partial charge on any atom is 0.338 e. The SMILES string of the molecule is CC(C)CN(C(=O)Nc1ccc(F)c(C(=O)O)c1)C1CC1. The summed E-state index contributed by atoms with van der Waals surface area (Å²) in [5.74, 6) is -1.83. The predicted molar refractivity (Wildman–Crippen MR) is 76.9 cm³/mol. The van der Waals surface area contributed by atoms with E-state index in [1.54, 1.807) is 4.90 Å². The molecule has 1 aliphatic carbocycles. The first kappa shape index (κ1) is 15.3. The second-order valence-corrected chi connectivity index (χ2v) is 5.71. The van der Waals surface area contributed by atoms with Crippen LogP contribution in [-0.4, -0.2) is 34.6 Å². The molecule has 0 aromatic heterocycles. The van der Waals surface area contributed by atoms with Crippen LogP contribution in [0.3, 0.4) is 0 Å². The largest absolute Gasteiger partial charge is 0.478 e. The third kappa shape index (κ3) is 3.93. The van der Waals surface area contributed by atoms with Crippen LogP contribution in [0.2, 0.25) is 0 Å². The van der Waals surface area contributed by atoms with Crippen molar-refractivity contribution in [2.75, 3.05) is 11.9 Å². The molecule has 2 amide bonds. The van der Waals surface area contributed by atoms with Crippen LogP contribution in [0.1, 0.15) is 37.0 Å². The van der Waals surface area contributed by atoms with E-state index < -0.39 is 17.3 Å². The van der Waals surface area contributed by atoms with Crippen molar-refractivity contribution in [3.05, 3.63) is 29.6 Å². The van der Waals surface area contributed by atoms with Crippen LogP contribution < -0.4 is 5.32 Å². The van der Waals surface area contributed by atoms with Gasteiger partial charge in [-0.05, 0) is 37.0 Å². The molecule has 0 atom stereocenters. The van der Waals surface area contributed by atoms with Crippen LogP contribution in [0.5, 0.6) is 0 Å². The lowest BCUT2D eigenvalue weighted by atomic mass is 10.2. The van der Waals surface area contributed by atoms with Crippen molar-refractivity contribution < 1.29 is 19.1 Å². The number of carboxylic acid groups (broad SMARTS) is 1. The summed E-state index contributed by atoms with van der Waals surface area (Å²) < 4.78 is 13.3. The molecule has 0 unspecified atom stereocenters. The number of halogens is 1. The first-order valence-corrected chi connectivity index (χ1v) is 6.99. The highest BCUT2D eigenvalue weighted by atomic mass is 19.1. The molecule has 1 aromatic rings. The number of nitrogens with one attached hydrogen (secondary N) is 1. The zero-order chi connectivity index (χ0) is 15.6. The lowest BCUT2D eigenvalue weighted by Crippen LogP contribution is -2.39. The van der Waals surface area contributed by atoms with Gasteiger partial charge in [0.2, 0.25) is 0 Å². The standard InChI is InChI=1S/C15H19FN2O3/c1-9(2)8-18(11-4-5-11)15(21)17-10-3-6-13(16)12(7-10)14(19)20/h3,6-7,9,11H,4-5,8H2,1-2H3,(H,17,21)(H,19,20). The Kier molecular flexibility index (Phi) is 4.45. The number of rotatable bonds is 5. The van der Waals surface area contributed by atoms with Gasteiger partial charge >= 0.3 is 12.0 Å². The summed E-state index contributed by atoms with van der Waals surface area (Å²) in [4.78, 5) is 24.9. The van der Waals surface area contributed by atoms with Gasteiger partial charge < -0.3 is 15.3 Å². The van der Waals surface area contributed by atoms with Crippen LogP contribution in [0.4, 0.5) is 14.9 Å². The highest BCUT2D eigenvalue weighted by molar-refractivity contribution is 5.93. The molecule has 0 radical (unpaired) electrons. The number of amides is 2. The van der Waals surface area contributed by atoms with Crippen molar-refractivity contribution in [3.63, 3.8) is 0 Å². The van der Waals surface area contributed by atoms with E-state index in [4.69, 9.17) is 5.11 Å². The molecule has 2 rings (SSSR count). The molecule has 0 spiro atoms. The van der Waals surface area contributed by atoms with Gasteiger partial charge in [0.1, 0.15) is 5.82 Å². The van der Waals surface area contributed by atoms with E-state index in [-0.39, 0.29) is 17.8 Å². The smallest absolute Gasteiger partial charge is 0.338 e. The van der Waals surface area contributed by atoms with Gasteiger partial charge in [-0.3, -0.25) is 0 Å². The number of anilines is 1. The van der Waals surface area contributed by atoms with Crippen LogP contribution in [0.15, 0.2) is 18.2 Å². The summed E-state index contributed by atoms with van der Waals surface area (Å²) in [6, 6.07) is 3.53. The van der Waals surface area contributed by atoms with Crippen LogP contribution in [-0.2, 0) is 0 Å². The fourth-order valence-corrected chi connectivity index (χ4v) is 2.14. The Hall–Kier alpha value is -2.11. The lowest BCUT2D eigenvalue weighted by Gasteiger charge is -2.24. The molecular weight excluding hydrogens is 275 g/mol. The Morgan fingerprint density at radius 1 is 1.43 bits per heavy atom. The Morgan fingerprint density at radius 2 is 2.10 bits per heavy atom. The summed E-state index contributed by atoms with van der Waals surface area (Å²) in [5, 5.41) is 11.5. The summed E-state index contributed by atoms with van der Waals surface area (Å²) in [5.41, 5.74) is -0.164. The average Bonchev–Trinajstić information content (AvgIpc) is 3.22. The molecule has 0 saturated heterocycles. The highest BCUT2D eigenvalue weighted by Gasteiger charge is 2.32. The Bertz CT molecular complexity index is 556. The average molecular weight is 294 g/mol. The maximum atomic E-state index is 13.3. The third-order valence-corrected chi connectivity index (χ3v) is 3.26. The Morgan fingerprint density at radius 3 is 2.62 bits per heavy atom. The van der Waals surface area contributed by atoms with Gasteiger partial charge in [-0.15, -0.1) is 0 Å². The maximum absolute atomic E-state index is 13.3. The van der Waals surface area contributed by atoms with E-state index in [0.29, 0.717) is 12.5 Å². The van der Waals surface area contributed by atoms with E-state index in [1.165, 1.54) is 6.07 Å². The number of carbonyl (C=O) groups is 2. The predicted octanol–water partition coefficient (Wildman–Crippen LogP) is 3.18. The first-order valence-electron chi connectivity index (χ1n) is 6.99. The van der Waals surface area contributed by atoms with E-state index in [0.717, 1.165) is 25.0 Å². The van der Waals surface area contributed by atoms with Gasteiger partial charge in [0, 0.05) is 18.3 Å². The van der Waals surface area contributed by atoms with Gasteiger partial charge in [0.05, 0.1) is 5.56 Å². The zero-order valence-electron chi connectivity index (χ0n) is 12.1. The van der Waals surface area contributed by atoms with E-state index >= 15 is 0 Å². The van der Waals surface area contributed by atoms with Crippen LogP contribution >= 0.6 is 0 Å². The van der Waals surface area contributed by atoms with Crippen molar-refractivity contribution >= 4 is 17.7 Å². The molecule has 6 heteroatoms. The van der Waals surface area contributed by atoms with Crippen LogP contribution in [0.25, 0.3) is 0 Å². The van der Waals surface area contributed by atoms with Gasteiger partial charge in [-0.2, -0.15) is 0 Å². The fourth-order valence-electron chi connectivity index (χ4n) is 2.14. The van der Waals surface area contributed by atoms with Gasteiger partial charge in [0.25, 0.3) is 0 Å². The lowest BCUT2D eigenvalue weighted by molar-refractivity contribution is 0.0692. The highest BCUT2D eigenvalue weighted by Crippen LogP contribution is 2.28. The quantitative estimate of drug-likeness (QED) is 0.876. The molecule has 114 valence electrons. The minimum Gasteiger partial charge on any atom is -0.478 e. The Balaban J connectivity index is 2.11. The normalized spacial score (nSPS) is 14.1. The number of hydrogen-bond donors (Lipinski definition) is 2. The number of benzene rings is 1. The van der Waals surface area contributed by atoms with Crippen molar-refractivity contribution in [2.24, 2.45) is 5.92 Å². The molecule has 2 N–H and O–H groups in total. The summed E-state index contributed by atoms with van der Waals surface area (Å²) in [6.45, 7) is 4.70. The number of carboxylic acids is 1. The number of nitrogens with zero attached hydrogens (tertiary/aromatic N) is 1. The molecule has 0 aliphatic heterocycles. The minimum absolute atomic E-state index is 0.256. The van der Waals surface area contributed by atoms with Crippen molar-refractivity contribution in [3.8, 4) is 0 Å². The Labute approximate surface area is 122 Å². The fraction of sp³-hybridized carbons (Fsp3) is 0.467. The van der Waals surface area contributed by atoms with Crippen molar-refractivity contribution in [1.29, 1.82) is 0 Å². The van der Waals surface area contributed by atoms with E-state index in [2.05, 4.69) is 5.32 Å². The molecule has 21 heavy (non-hydrogen) atoms. The van der Waals surface area contributed by atoms with Gasteiger partial charge in [0.15, 0.2) is 0 Å². The van der Waals surface area contributed by atoms with Crippen LogP contribution in [0, 0.1) is 11.7 Å². The molecule has 0 heterocycles. The van der Waals surface area contributed by atoms with E-state index in [9.17, 15) is 14.0 Å². The van der Waals surface area contributed by atoms with Crippen molar-refractivity contribution in [2.45, 2.75) is 32.7 Å². The molecule has 0 bridgehead atoms. The third-order valence-electron chi connectivity index (χ3n) is 3.26. The molecular formula is C15H19FN2O3. The molecule has 1 aliphatic rings. The topological polar surface area (TPSA) is 69.6 Å². The monoisotopic (exact) mass is 294 g/mol. The number of hydrogen-bond acceptors (Lipinski definition) is 2. The summed E-state index contributed by atoms with van der Waals surface area (Å²) in [7, 11) is 0. The molecule has 1 fully saturated rings. The van der Waals surface area contributed by atoms with Gasteiger partial charge in [-0.25, -0.2) is 14.0 Å². The molecule has 5 nitrogen and oxygen atoms in total. The second-order valence-electron chi connectivity index (χ2n) is 5.71. The molecule has 1 saturated carbocycles. The number of urea groups is 1. The summed E-state index contributed by atoms with van der Waals surface area (Å²) in [6.07, 6.45) is 1.98.